The normalized spacial score (nSPS) is 13.5. The zero-order valence-electron chi connectivity index (χ0n) is 14.6. The molecule has 120 valence electrons. The molecule has 0 aromatic heterocycles. The molecule has 1 aromatic rings. The maximum atomic E-state index is 6.08. The molecule has 0 saturated heterocycles. The van der Waals surface area contributed by atoms with Gasteiger partial charge in [0.2, 0.25) is 0 Å². The summed E-state index contributed by atoms with van der Waals surface area (Å²) in [6.07, 6.45) is 0.0125. The van der Waals surface area contributed by atoms with Gasteiger partial charge in [0.15, 0.2) is 0 Å². The Labute approximate surface area is 130 Å². The van der Waals surface area contributed by atoms with Gasteiger partial charge in [0, 0.05) is 19.2 Å². The minimum Gasteiger partial charge on any atom is -0.487 e. The minimum atomic E-state index is 0.0125. The number of nitrogens with one attached hydrogen (secondary N) is 1. The van der Waals surface area contributed by atoms with Gasteiger partial charge in [-0.1, -0.05) is 19.9 Å². The van der Waals surface area contributed by atoms with Crippen molar-refractivity contribution in [1.29, 1.82) is 0 Å². The smallest absolute Gasteiger partial charge is 0.134 e. The summed E-state index contributed by atoms with van der Waals surface area (Å²) in [5.74, 6) is 1.45. The second kappa shape index (κ2) is 7.81. The van der Waals surface area contributed by atoms with Gasteiger partial charge in [-0.3, -0.25) is 0 Å². The van der Waals surface area contributed by atoms with Gasteiger partial charge in [0.05, 0.1) is 6.61 Å². The van der Waals surface area contributed by atoms with Crippen molar-refractivity contribution in [2.45, 2.75) is 59.1 Å². The molecule has 1 unspecified atom stereocenters. The fourth-order valence-electron chi connectivity index (χ4n) is 2.30. The van der Waals surface area contributed by atoms with E-state index in [1.54, 1.807) is 7.11 Å². The van der Waals surface area contributed by atoms with Gasteiger partial charge in [-0.25, -0.2) is 0 Å². The second-order valence-electron chi connectivity index (χ2n) is 7.00. The number of benzene rings is 1. The Bertz CT molecular complexity index is 435. The van der Waals surface area contributed by atoms with Gasteiger partial charge < -0.3 is 14.8 Å². The zero-order chi connectivity index (χ0) is 16.0. The van der Waals surface area contributed by atoms with Crippen LogP contribution in [0.15, 0.2) is 18.2 Å². The molecular formula is C18H31NO2. The molecule has 21 heavy (non-hydrogen) atoms. The van der Waals surface area contributed by atoms with Gasteiger partial charge in [-0.2, -0.15) is 0 Å². The molecule has 0 heterocycles. The van der Waals surface area contributed by atoms with Crippen LogP contribution >= 0.6 is 0 Å². The van der Waals surface area contributed by atoms with Crippen molar-refractivity contribution in [2.75, 3.05) is 20.3 Å². The lowest BCUT2D eigenvalue weighted by molar-refractivity contribution is 0.0764. The van der Waals surface area contributed by atoms with Crippen molar-refractivity contribution in [3.05, 3.63) is 29.3 Å². The molecular weight excluding hydrogens is 262 g/mol. The van der Waals surface area contributed by atoms with Crippen molar-refractivity contribution in [3.8, 4) is 5.75 Å². The summed E-state index contributed by atoms with van der Waals surface area (Å²) in [5.41, 5.74) is 2.73. The van der Waals surface area contributed by atoms with Crippen LogP contribution in [0.5, 0.6) is 5.75 Å². The Balaban J connectivity index is 2.72. The van der Waals surface area contributed by atoms with Crippen molar-refractivity contribution in [2.24, 2.45) is 0 Å². The lowest BCUT2D eigenvalue weighted by atomic mass is 9.98. The van der Waals surface area contributed by atoms with E-state index in [2.05, 4.69) is 65.1 Å². The van der Waals surface area contributed by atoms with Crippen LogP contribution in [0.3, 0.4) is 0 Å². The molecule has 1 rings (SSSR count). The molecule has 0 radical (unpaired) electrons. The van der Waals surface area contributed by atoms with Gasteiger partial charge >= 0.3 is 0 Å². The summed E-state index contributed by atoms with van der Waals surface area (Å²) in [6, 6.07) is 6.34. The SMILES string of the molecule is COCC(CNC(C)(C)C)Oc1ccc(C(C)C)c(C)c1. The number of rotatable bonds is 7. The molecule has 3 nitrogen and oxygen atoms in total. The largest absolute Gasteiger partial charge is 0.487 e. The van der Waals surface area contributed by atoms with Crippen molar-refractivity contribution in [3.63, 3.8) is 0 Å². The molecule has 3 heteroatoms. The third-order valence-electron chi connectivity index (χ3n) is 3.38. The summed E-state index contributed by atoms with van der Waals surface area (Å²) in [5, 5.41) is 3.47. The highest BCUT2D eigenvalue weighted by Gasteiger charge is 2.16. The highest BCUT2D eigenvalue weighted by molar-refractivity contribution is 5.36. The van der Waals surface area contributed by atoms with E-state index in [1.807, 2.05) is 0 Å². The Kier molecular flexibility index (Phi) is 6.69. The number of hydrogen-bond donors (Lipinski definition) is 1. The third-order valence-corrected chi connectivity index (χ3v) is 3.38. The van der Waals surface area contributed by atoms with Crippen molar-refractivity contribution in [1.82, 2.24) is 5.32 Å². The monoisotopic (exact) mass is 293 g/mol. The first kappa shape index (κ1) is 18.0. The van der Waals surface area contributed by atoms with Gasteiger partial charge in [-0.05, 0) is 56.9 Å². The Morgan fingerprint density at radius 1 is 1.19 bits per heavy atom. The van der Waals surface area contributed by atoms with E-state index in [0.29, 0.717) is 12.5 Å². The third kappa shape index (κ3) is 6.49. The van der Waals surface area contributed by atoms with Crippen LogP contribution in [0.4, 0.5) is 0 Å². The lowest BCUT2D eigenvalue weighted by Crippen LogP contribution is -2.44. The molecule has 0 amide bonds. The van der Waals surface area contributed by atoms with Gasteiger partial charge in [0.1, 0.15) is 11.9 Å². The molecule has 1 aromatic carbocycles. The standard InChI is InChI=1S/C18H31NO2/c1-13(2)17-9-8-15(10-14(17)3)21-16(12-20-7)11-19-18(4,5)6/h8-10,13,16,19H,11-12H2,1-7H3. The number of methoxy groups -OCH3 is 1. The maximum absolute atomic E-state index is 6.08. The predicted octanol–water partition coefficient (Wildman–Crippen LogP) is 3.90. The molecule has 0 aliphatic rings. The lowest BCUT2D eigenvalue weighted by Gasteiger charge is -2.26. The number of ether oxygens (including phenoxy) is 2. The first-order chi connectivity index (χ1) is 9.73. The molecule has 0 aliphatic heterocycles. The quantitative estimate of drug-likeness (QED) is 0.827. The summed E-state index contributed by atoms with van der Waals surface area (Å²) < 4.78 is 11.3. The average Bonchev–Trinajstić information content (AvgIpc) is 2.35. The van der Waals surface area contributed by atoms with Crippen molar-refractivity contribution < 1.29 is 9.47 Å². The Morgan fingerprint density at radius 3 is 2.33 bits per heavy atom. The van der Waals surface area contributed by atoms with Crippen molar-refractivity contribution >= 4 is 0 Å². The highest BCUT2D eigenvalue weighted by atomic mass is 16.5. The van der Waals surface area contributed by atoms with E-state index in [9.17, 15) is 0 Å². The number of hydrogen-bond acceptors (Lipinski definition) is 3. The first-order valence-electron chi connectivity index (χ1n) is 7.74. The van der Waals surface area contributed by atoms with Crippen LogP contribution < -0.4 is 10.1 Å². The predicted molar refractivity (Wildman–Crippen MR) is 89.3 cm³/mol. The van der Waals surface area contributed by atoms with Crippen LogP contribution in [-0.4, -0.2) is 31.9 Å². The van der Waals surface area contributed by atoms with E-state index in [1.165, 1.54) is 11.1 Å². The van der Waals surface area contributed by atoms with Gasteiger partial charge in [-0.15, -0.1) is 0 Å². The molecule has 0 spiro atoms. The van der Waals surface area contributed by atoms with Gasteiger partial charge in [0.25, 0.3) is 0 Å². The van der Waals surface area contributed by atoms with Crippen LogP contribution in [0.1, 0.15) is 51.7 Å². The minimum absolute atomic E-state index is 0.0125. The molecule has 1 atom stereocenters. The first-order valence-corrected chi connectivity index (χ1v) is 7.74. The fourth-order valence-corrected chi connectivity index (χ4v) is 2.30. The Hall–Kier alpha value is -1.06. The molecule has 0 aliphatic carbocycles. The van der Waals surface area contributed by atoms with E-state index in [4.69, 9.17) is 9.47 Å². The summed E-state index contributed by atoms with van der Waals surface area (Å²) in [6.45, 7) is 14.4. The molecule has 0 fully saturated rings. The van der Waals surface area contributed by atoms with Crippen LogP contribution in [0.2, 0.25) is 0 Å². The van der Waals surface area contributed by atoms with E-state index in [0.717, 1.165) is 12.3 Å². The van der Waals surface area contributed by atoms with Crippen LogP contribution in [0, 0.1) is 6.92 Å². The van der Waals surface area contributed by atoms with Crippen LogP contribution in [-0.2, 0) is 4.74 Å². The number of aryl methyl sites for hydroxylation is 1. The Morgan fingerprint density at radius 2 is 1.86 bits per heavy atom. The highest BCUT2D eigenvalue weighted by Crippen LogP contribution is 2.24. The molecule has 1 N–H and O–H groups in total. The summed E-state index contributed by atoms with van der Waals surface area (Å²) in [4.78, 5) is 0. The van der Waals surface area contributed by atoms with Crippen LogP contribution in [0.25, 0.3) is 0 Å². The van der Waals surface area contributed by atoms with E-state index >= 15 is 0 Å². The molecule has 0 bridgehead atoms. The topological polar surface area (TPSA) is 30.5 Å². The molecule has 0 saturated carbocycles. The average molecular weight is 293 g/mol. The fraction of sp³-hybridized carbons (Fsp3) is 0.667. The second-order valence-corrected chi connectivity index (χ2v) is 7.00. The van der Waals surface area contributed by atoms with E-state index < -0.39 is 0 Å². The summed E-state index contributed by atoms with van der Waals surface area (Å²) in [7, 11) is 1.71. The summed E-state index contributed by atoms with van der Waals surface area (Å²) >= 11 is 0. The maximum Gasteiger partial charge on any atom is 0.134 e. The zero-order valence-corrected chi connectivity index (χ0v) is 14.6. The van der Waals surface area contributed by atoms with E-state index in [-0.39, 0.29) is 11.6 Å².